The topological polar surface area (TPSA) is 102 Å². The highest BCUT2D eigenvalue weighted by Gasteiger charge is 2.27. The van der Waals surface area contributed by atoms with Gasteiger partial charge in [-0.05, 0) is 30.3 Å². The Morgan fingerprint density at radius 3 is 2.41 bits per heavy atom. The normalized spacial score (nSPS) is 14.3. The number of nitrogens with one attached hydrogen (secondary N) is 1. The molecule has 1 aliphatic rings. The van der Waals surface area contributed by atoms with Crippen molar-refractivity contribution in [2.24, 2.45) is 5.84 Å². The molecule has 8 nitrogen and oxygen atoms in total. The van der Waals surface area contributed by atoms with Crippen LogP contribution in [0.25, 0.3) is 0 Å². The smallest absolute Gasteiger partial charge is 0.324 e. The van der Waals surface area contributed by atoms with Crippen molar-refractivity contribution in [2.75, 3.05) is 44.2 Å². The molecule has 0 aliphatic carbocycles. The van der Waals surface area contributed by atoms with Gasteiger partial charge in [-0.15, -0.1) is 0 Å². The number of amides is 3. The fourth-order valence-electron chi connectivity index (χ4n) is 3.47. The fraction of sp³-hybridized carbons (Fsp3) is 0.333. The summed E-state index contributed by atoms with van der Waals surface area (Å²) in [6.45, 7) is 2.40. The lowest BCUT2D eigenvalue weighted by atomic mass is 10.1. The van der Waals surface area contributed by atoms with Gasteiger partial charge in [0.1, 0.15) is 11.6 Å². The van der Waals surface area contributed by atoms with E-state index in [1.54, 1.807) is 4.90 Å². The first-order valence-corrected chi connectivity index (χ1v) is 10.4. The van der Waals surface area contributed by atoms with E-state index in [1.807, 2.05) is 10.3 Å². The number of nitrogen functional groups attached to an aromatic ring is 1. The van der Waals surface area contributed by atoms with Crippen LogP contribution in [0.5, 0.6) is 0 Å². The highest BCUT2D eigenvalue weighted by atomic mass is 35.5. The van der Waals surface area contributed by atoms with Crippen molar-refractivity contribution in [3.05, 3.63) is 64.2 Å². The van der Waals surface area contributed by atoms with Crippen molar-refractivity contribution in [1.29, 1.82) is 0 Å². The average molecular weight is 468 g/mol. The molecule has 1 aliphatic heterocycles. The Morgan fingerprint density at radius 1 is 1.09 bits per heavy atom. The van der Waals surface area contributed by atoms with Crippen molar-refractivity contribution in [2.45, 2.75) is 6.54 Å². The van der Waals surface area contributed by atoms with Crippen molar-refractivity contribution in [1.82, 2.24) is 15.2 Å². The Morgan fingerprint density at radius 2 is 1.81 bits per heavy atom. The first-order chi connectivity index (χ1) is 15.3. The second-order valence-electron chi connectivity index (χ2n) is 7.30. The third kappa shape index (κ3) is 5.52. The molecule has 3 rings (SSSR count). The number of piperazine rings is 1. The van der Waals surface area contributed by atoms with Crippen LogP contribution in [0.2, 0.25) is 5.02 Å². The van der Waals surface area contributed by atoms with Crippen LogP contribution in [0.4, 0.5) is 19.3 Å². The molecule has 11 heteroatoms. The van der Waals surface area contributed by atoms with E-state index in [2.05, 4.69) is 0 Å². The average Bonchev–Trinajstić information content (AvgIpc) is 2.80. The molecule has 1 heterocycles. The van der Waals surface area contributed by atoms with Crippen molar-refractivity contribution < 1.29 is 23.5 Å². The first kappa shape index (κ1) is 23.9. The van der Waals surface area contributed by atoms with E-state index in [4.69, 9.17) is 22.6 Å². The molecule has 1 fully saturated rings. The highest BCUT2D eigenvalue weighted by molar-refractivity contribution is 6.31. The quantitative estimate of drug-likeness (QED) is 0.342. The number of hydrogen-bond acceptors (Lipinski definition) is 5. The number of rotatable bonds is 6. The van der Waals surface area contributed by atoms with Crippen molar-refractivity contribution >= 4 is 29.2 Å². The Kier molecular flexibility index (Phi) is 7.97. The maximum absolute atomic E-state index is 14.7. The van der Waals surface area contributed by atoms with Gasteiger partial charge in [0.15, 0.2) is 0 Å². The third-order valence-electron chi connectivity index (χ3n) is 5.28. The molecule has 0 radical (unpaired) electrons. The lowest BCUT2D eigenvalue weighted by molar-refractivity contribution is 0.0953. The minimum atomic E-state index is -0.690. The third-order valence-corrected chi connectivity index (χ3v) is 5.57. The van der Waals surface area contributed by atoms with E-state index in [-0.39, 0.29) is 35.3 Å². The summed E-state index contributed by atoms with van der Waals surface area (Å²) in [6, 6.07) is 7.28. The number of hydrogen-bond donors (Lipinski definition) is 3. The van der Waals surface area contributed by atoms with Crippen LogP contribution < -0.4 is 16.2 Å². The summed E-state index contributed by atoms with van der Waals surface area (Å²) in [6.07, 6.45) is 0. The second kappa shape index (κ2) is 10.7. The van der Waals surface area contributed by atoms with Gasteiger partial charge >= 0.3 is 6.03 Å². The number of carbonyl (C=O) groups excluding carboxylic acids is 2. The molecule has 0 aromatic heterocycles. The Hall–Kier alpha value is -2.79. The number of hydrazine groups is 1. The van der Waals surface area contributed by atoms with Gasteiger partial charge in [0.05, 0.1) is 18.2 Å². The lowest BCUT2D eigenvalue weighted by Crippen LogP contribution is -2.53. The number of β-amino-alcohol motifs (C(OH)–C–C–N with tert-alkyl or cyclic N) is 1. The zero-order valence-corrected chi connectivity index (χ0v) is 18.0. The largest absolute Gasteiger partial charge is 0.395 e. The predicted octanol–water partition coefficient (Wildman–Crippen LogP) is 1.96. The second-order valence-corrected chi connectivity index (χ2v) is 7.71. The van der Waals surface area contributed by atoms with Crippen LogP contribution in [-0.2, 0) is 6.54 Å². The zero-order chi connectivity index (χ0) is 23.3. The van der Waals surface area contributed by atoms with Crippen LogP contribution in [-0.4, -0.2) is 66.2 Å². The number of aliphatic hydroxyl groups excluding tert-OH is 1. The summed E-state index contributed by atoms with van der Waals surface area (Å²) in [7, 11) is 0. The summed E-state index contributed by atoms with van der Waals surface area (Å²) in [4.78, 5) is 29.9. The van der Waals surface area contributed by atoms with Gasteiger partial charge < -0.3 is 10.0 Å². The number of carbonyl (C=O) groups is 2. The van der Waals surface area contributed by atoms with E-state index in [0.717, 1.165) is 12.1 Å². The fourth-order valence-corrected chi connectivity index (χ4v) is 3.64. The number of halogens is 3. The molecule has 0 bridgehead atoms. The molecule has 4 N–H and O–H groups in total. The number of aliphatic hydroxyl groups is 1. The molecular formula is C21H24ClF2N5O3. The van der Waals surface area contributed by atoms with Gasteiger partial charge in [-0.25, -0.2) is 19.4 Å². The molecule has 32 heavy (non-hydrogen) atoms. The Balaban J connectivity index is 1.87. The van der Waals surface area contributed by atoms with Crippen LogP contribution in [0, 0.1) is 11.6 Å². The molecule has 0 saturated carbocycles. The molecule has 3 amide bonds. The van der Waals surface area contributed by atoms with Crippen molar-refractivity contribution in [3.63, 3.8) is 0 Å². The van der Waals surface area contributed by atoms with Crippen molar-refractivity contribution in [3.8, 4) is 0 Å². The first-order valence-electron chi connectivity index (χ1n) is 9.98. The minimum absolute atomic E-state index is 0.0333. The maximum Gasteiger partial charge on any atom is 0.324 e. The summed E-state index contributed by atoms with van der Waals surface area (Å²) in [5.74, 6) is 3.12. The molecule has 0 unspecified atom stereocenters. The highest BCUT2D eigenvalue weighted by Crippen LogP contribution is 2.26. The maximum atomic E-state index is 14.7. The van der Waals surface area contributed by atoms with Gasteiger partial charge in [0, 0.05) is 49.5 Å². The monoisotopic (exact) mass is 467 g/mol. The number of benzene rings is 2. The van der Waals surface area contributed by atoms with Gasteiger partial charge in [-0.2, -0.15) is 0 Å². The van der Waals surface area contributed by atoms with E-state index >= 15 is 0 Å². The summed E-state index contributed by atoms with van der Waals surface area (Å²) >= 11 is 5.92. The summed E-state index contributed by atoms with van der Waals surface area (Å²) < 4.78 is 28.4. The Bertz CT molecular complexity index is 986. The molecule has 1 saturated heterocycles. The number of urea groups is 1. The van der Waals surface area contributed by atoms with E-state index < -0.39 is 17.5 Å². The summed E-state index contributed by atoms with van der Waals surface area (Å²) in [5.41, 5.74) is 2.44. The van der Waals surface area contributed by atoms with E-state index in [0.29, 0.717) is 38.4 Å². The van der Waals surface area contributed by atoms with Crippen LogP contribution in [0.1, 0.15) is 15.9 Å². The van der Waals surface area contributed by atoms with Crippen LogP contribution in [0.3, 0.4) is 0 Å². The predicted molar refractivity (Wildman–Crippen MR) is 116 cm³/mol. The molecule has 2 aromatic carbocycles. The number of anilines is 1. The molecule has 0 atom stereocenters. The molecule has 2 aromatic rings. The molecule has 172 valence electrons. The summed E-state index contributed by atoms with van der Waals surface area (Å²) in [5, 5.41) is 8.93. The number of nitrogens with zero attached hydrogens (tertiary/aromatic N) is 3. The minimum Gasteiger partial charge on any atom is -0.395 e. The van der Waals surface area contributed by atoms with E-state index in [1.165, 1.54) is 29.2 Å². The van der Waals surface area contributed by atoms with Gasteiger partial charge in [0.25, 0.3) is 5.91 Å². The SMILES string of the molecule is NNC(=O)c1ccc(CN(C(=O)N2CCN(CCO)CC2)c2ccc(F)c(Cl)c2)c(F)c1. The molecule has 0 spiro atoms. The van der Waals surface area contributed by atoms with Crippen LogP contribution >= 0.6 is 11.6 Å². The Labute approximate surface area is 189 Å². The zero-order valence-electron chi connectivity index (χ0n) is 17.2. The standard InChI is InChI=1S/C21H24ClF2N5O3/c22-17-12-16(3-4-18(17)23)29(21(32)28-7-5-27(6-8-28)9-10-30)13-15-2-1-14(11-19(15)24)20(31)26-25/h1-4,11-12,30H,5-10,13,25H2,(H,26,31). The van der Waals surface area contributed by atoms with Gasteiger partial charge in [-0.1, -0.05) is 17.7 Å². The van der Waals surface area contributed by atoms with Crippen LogP contribution in [0.15, 0.2) is 36.4 Å². The van der Waals surface area contributed by atoms with Gasteiger partial charge in [0.2, 0.25) is 0 Å². The number of nitrogens with two attached hydrogens (primary N) is 1. The molecular weight excluding hydrogens is 444 g/mol. The van der Waals surface area contributed by atoms with Gasteiger partial charge in [-0.3, -0.25) is 20.0 Å². The lowest BCUT2D eigenvalue weighted by Gasteiger charge is -2.37. The van der Waals surface area contributed by atoms with E-state index in [9.17, 15) is 18.4 Å².